The van der Waals surface area contributed by atoms with E-state index in [2.05, 4.69) is 10.6 Å². The van der Waals surface area contributed by atoms with Gasteiger partial charge in [-0.1, -0.05) is 17.7 Å². The molecule has 3 rings (SSSR count). The molecule has 1 heterocycles. The minimum atomic E-state index is -0.331. The Morgan fingerprint density at radius 2 is 1.38 bits per heavy atom. The zero-order chi connectivity index (χ0) is 20.8. The summed E-state index contributed by atoms with van der Waals surface area (Å²) < 4.78 is 12.9. The third-order valence-corrected chi connectivity index (χ3v) is 5.48. The SMILES string of the molecule is Cc1ccc(NC(=O)C[NH+]2CC[NH+](CC(=O)Nc3ccc(F)cc3)CC2)cc1Cl. The van der Waals surface area contributed by atoms with Crippen molar-refractivity contribution in [1.29, 1.82) is 0 Å². The minimum Gasteiger partial charge on any atom is -0.321 e. The van der Waals surface area contributed by atoms with Gasteiger partial charge in [0.15, 0.2) is 13.1 Å². The Morgan fingerprint density at radius 1 is 0.897 bits per heavy atom. The summed E-state index contributed by atoms with van der Waals surface area (Å²) in [4.78, 5) is 26.8. The fourth-order valence-electron chi connectivity index (χ4n) is 3.38. The Balaban J connectivity index is 1.39. The summed E-state index contributed by atoms with van der Waals surface area (Å²) >= 11 is 6.10. The predicted octanol–water partition coefficient (Wildman–Crippen LogP) is 0.148. The van der Waals surface area contributed by atoms with Gasteiger partial charge in [0.2, 0.25) is 0 Å². The van der Waals surface area contributed by atoms with Gasteiger partial charge in [-0.25, -0.2) is 4.39 Å². The van der Waals surface area contributed by atoms with Crippen molar-refractivity contribution in [3.8, 4) is 0 Å². The van der Waals surface area contributed by atoms with E-state index in [0.717, 1.165) is 31.7 Å². The molecule has 0 atom stereocenters. The van der Waals surface area contributed by atoms with Gasteiger partial charge in [0.05, 0.1) is 0 Å². The first kappa shape index (κ1) is 21.2. The number of nitrogens with one attached hydrogen (secondary N) is 4. The monoisotopic (exact) mass is 420 g/mol. The number of piperazine rings is 1. The zero-order valence-corrected chi connectivity index (χ0v) is 17.1. The highest BCUT2D eigenvalue weighted by Gasteiger charge is 2.26. The summed E-state index contributed by atoms with van der Waals surface area (Å²) in [5.74, 6) is -0.469. The third-order valence-electron chi connectivity index (χ3n) is 5.07. The van der Waals surface area contributed by atoms with E-state index in [1.807, 2.05) is 19.1 Å². The van der Waals surface area contributed by atoms with Crippen molar-refractivity contribution < 1.29 is 23.8 Å². The van der Waals surface area contributed by atoms with Crippen molar-refractivity contribution in [2.24, 2.45) is 0 Å². The van der Waals surface area contributed by atoms with Crippen molar-refractivity contribution in [1.82, 2.24) is 0 Å². The summed E-state index contributed by atoms with van der Waals surface area (Å²) in [6.45, 7) is 5.94. The molecular weight excluding hydrogens is 395 g/mol. The molecule has 2 amide bonds. The number of rotatable bonds is 6. The molecule has 0 saturated carbocycles. The molecule has 8 heteroatoms. The van der Waals surface area contributed by atoms with E-state index in [0.29, 0.717) is 29.5 Å². The third kappa shape index (κ3) is 6.52. The molecule has 0 aliphatic carbocycles. The van der Waals surface area contributed by atoms with Crippen molar-refractivity contribution >= 4 is 34.8 Å². The molecule has 1 aliphatic heterocycles. The summed E-state index contributed by atoms with van der Waals surface area (Å²) in [7, 11) is 0. The number of hydrogen-bond donors (Lipinski definition) is 4. The quantitative estimate of drug-likeness (QED) is 0.537. The number of anilines is 2. The fourth-order valence-corrected chi connectivity index (χ4v) is 3.56. The van der Waals surface area contributed by atoms with E-state index in [9.17, 15) is 14.0 Å². The number of benzene rings is 2. The number of hydrogen-bond acceptors (Lipinski definition) is 2. The van der Waals surface area contributed by atoms with E-state index < -0.39 is 0 Å². The van der Waals surface area contributed by atoms with Gasteiger partial charge in [-0.2, -0.15) is 0 Å². The van der Waals surface area contributed by atoms with Crippen molar-refractivity contribution in [3.05, 3.63) is 58.9 Å². The van der Waals surface area contributed by atoms with Crippen LogP contribution in [0, 0.1) is 12.7 Å². The van der Waals surface area contributed by atoms with Gasteiger partial charge < -0.3 is 20.4 Å². The van der Waals surface area contributed by atoms with E-state index in [1.54, 1.807) is 18.2 Å². The highest BCUT2D eigenvalue weighted by Crippen LogP contribution is 2.19. The maximum absolute atomic E-state index is 12.9. The molecule has 2 aromatic carbocycles. The van der Waals surface area contributed by atoms with Crippen molar-refractivity contribution in [3.63, 3.8) is 0 Å². The van der Waals surface area contributed by atoms with Gasteiger partial charge >= 0.3 is 0 Å². The molecule has 154 valence electrons. The lowest BCUT2D eigenvalue weighted by Gasteiger charge is -2.29. The van der Waals surface area contributed by atoms with Crippen LogP contribution in [0.3, 0.4) is 0 Å². The van der Waals surface area contributed by atoms with E-state index in [1.165, 1.54) is 21.9 Å². The summed E-state index contributed by atoms with van der Waals surface area (Å²) in [6.07, 6.45) is 0. The second-order valence-electron chi connectivity index (χ2n) is 7.42. The molecule has 2 aromatic rings. The van der Waals surface area contributed by atoms with Gasteiger partial charge in [0.25, 0.3) is 11.8 Å². The van der Waals surface area contributed by atoms with Crippen molar-refractivity contribution in [2.45, 2.75) is 6.92 Å². The van der Waals surface area contributed by atoms with Crippen LogP contribution >= 0.6 is 11.6 Å². The molecule has 1 saturated heterocycles. The zero-order valence-electron chi connectivity index (χ0n) is 16.4. The number of carbonyl (C=O) groups is 2. The smallest absolute Gasteiger partial charge is 0.279 e. The van der Waals surface area contributed by atoms with E-state index >= 15 is 0 Å². The lowest BCUT2D eigenvalue weighted by atomic mass is 10.2. The first-order valence-electron chi connectivity index (χ1n) is 9.67. The van der Waals surface area contributed by atoms with Gasteiger partial charge in [-0.15, -0.1) is 0 Å². The van der Waals surface area contributed by atoms with Crippen LogP contribution in [-0.4, -0.2) is 51.1 Å². The molecule has 1 aliphatic rings. The maximum atomic E-state index is 12.9. The van der Waals surface area contributed by atoms with Gasteiger partial charge in [0, 0.05) is 16.4 Å². The maximum Gasteiger partial charge on any atom is 0.279 e. The van der Waals surface area contributed by atoms with E-state index in [4.69, 9.17) is 11.6 Å². The first-order valence-corrected chi connectivity index (χ1v) is 10.1. The van der Waals surface area contributed by atoms with Crippen LogP contribution in [0.1, 0.15) is 5.56 Å². The molecule has 0 aromatic heterocycles. The summed E-state index contributed by atoms with van der Waals surface area (Å²) in [5, 5.41) is 6.31. The van der Waals surface area contributed by atoms with Crippen molar-refractivity contribution in [2.75, 3.05) is 49.9 Å². The van der Waals surface area contributed by atoms with Crippen LogP contribution in [0.25, 0.3) is 0 Å². The van der Waals surface area contributed by atoms with Crippen LogP contribution < -0.4 is 20.4 Å². The Bertz CT molecular complexity index is 867. The minimum absolute atomic E-state index is 0.0441. The lowest BCUT2D eigenvalue weighted by molar-refractivity contribution is -1.00. The second-order valence-corrected chi connectivity index (χ2v) is 7.83. The van der Waals surface area contributed by atoms with Crippen LogP contribution in [-0.2, 0) is 9.59 Å². The van der Waals surface area contributed by atoms with Crippen LogP contribution in [0.4, 0.5) is 15.8 Å². The number of amides is 2. The Hall–Kier alpha value is -2.48. The topological polar surface area (TPSA) is 67.1 Å². The standard InChI is InChI=1S/C21H24ClFN4O2/c1-15-2-5-18(12-19(15)22)25-21(29)14-27-10-8-26(9-11-27)13-20(28)24-17-6-3-16(23)4-7-17/h2-7,12H,8-11,13-14H2,1H3,(H,24,28)(H,25,29)/p+2. The largest absolute Gasteiger partial charge is 0.321 e. The normalized spacial score (nSPS) is 18.9. The van der Waals surface area contributed by atoms with Crippen LogP contribution in [0.2, 0.25) is 5.02 Å². The van der Waals surface area contributed by atoms with Gasteiger partial charge in [0.1, 0.15) is 32.0 Å². The highest BCUT2D eigenvalue weighted by molar-refractivity contribution is 6.31. The second kappa shape index (κ2) is 9.82. The number of aryl methyl sites for hydroxylation is 1. The number of halogens is 2. The molecule has 0 spiro atoms. The molecule has 0 bridgehead atoms. The Kier molecular flexibility index (Phi) is 7.19. The molecular formula is C21H26ClFN4O2+2. The van der Waals surface area contributed by atoms with Crippen LogP contribution in [0.5, 0.6) is 0 Å². The molecule has 0 unspecified atom stereocenters. The molecule has 29 heavy (non-hydrogen) atoms. The Labute approximate surface area is 174 Å². The highest BCUT2D eigenvalue weighted by atomic mass is 35.5. The van der Waals surface area contributed by atoms with E-state index in [-0.39, 0.29) is 17.6 Å². The number of quaternary nitrogens is 2. The molecule has 0 radical (unpaired) electrons. The van der Waals surface area contributed by atoms with Gasteiger partial charge in [-0.05, 0) is 48.9 Å². The fraction of sp³-hybridized carbons (Fsp3) is 0.333. The summed E-state index contributed by atoms with van der Waals surface area (Å²) in [6, 6.07) is 11.2. The molecule has 1 fully saturated rings. The average Bonchev–Trinajstić information content (AvgIpc) is 2.68. The lowest BCUT2D eigenvalue weighted by Crippen LogP contribution is -3.28. The van der Waals surface area contributed by atoms with Crippen LogP contribution in [0.15, 0.2) is 42.5 Å². The summed E-state index contributed by atoms with van der Waals surface area (Å²) in [5.41, 5.74) is 2.26. The molecule has 6 nitrogen and oxygen atoms in total. The molecule has 4 N–H and O–H groups in total. The Morgan fingerprint density at radius 3 is 1.90 bits per heavy atom. The van der Waals surface area contributed by atoms with Gasteiger partial charge in [-0.3, -0.25) is 9.59 Å². The predicted molar refractivity (Wildman–Crippen MR) is 111 cm³/mol. The number of carbonyl (C=O) groups excluding carboxylic acids is 2. The first-order chi connectivity index (χ1) is 13.9. The average molecular weight is 421 g/mol.